The van der Waals surface area contributed by atoms with Gasteiger partial charge in [-0.05, 0) is 37.5 Å². The average Bonchev–Trinajstić information content (AvgIpc) is 2.73. The van der Waals surface area contributed by atoms with Crippen LogP contribution in [0.1, 0.15) is 23.0 Å². The first kappa shape index (κ1) is 15.7. The number of thioether (sulfide) groups is 1. The summed E-state index contributed by atoms with van der Waals surface area (Å²) < 4.78 is 2.02. The maximum Gasteiger partial charge on any atom is 0.263 e. The van der Waals surface area contributed by atoms with Gasteiger partial charge < -0.3 is 11.1 Å². The number of nitrogens with two attached hydrogens (primary N) is 1. The Morgan fingerprint density at radius 2 is 2.30 bits per heavy atom. The second kappa shape index (κ2) is 6.83. The standard InChI is InChI=1S/C14H17BrN2OS2/c1-8(5-6-19-2)17-14(18)13-12(16)10-4-3-9(15)7-11(10)20-13/h3-4,7-8H,5-6,16H2,1-2H3,(H,17,18). The van der Waals surface area contributed by atoms with Crippen LogP contribution in [0.25, 0.3) is 10.1 Å². The summed E-state index contributed by atoms with van der Waals surface area (Å²) in [6.07, 6.45) is 3.03. The summed E-state index contributed by atoms with van der Waals surface area (Å²) in [7, 11) is 0. The Bertz CT molecular complexity index is 627. The molecule has 2 rings (SSSR count). The minimum absolute atomic E-state index is 0.0755. The lowest BCUT2D eigenvalue weighted by Crippen LogP contribution is -2.32. The molecule has 1 amide bonds. The first-order chi connectivity index (χ1) is 9.52. The van der Waals surface area contributed by atoms with Crippen LogP contribution in [0.2, 0.25) is 0 Å². The smallest absolute Gasteiger partial charge is 0.263 e. The fraction of sp³-hybridized carbons (Fsp3) is 0.357. The summed E-state index contributed by atoms with van der Waals surface area (Å²) in [5, 5.41) is 3.96. The predicted molar refractivity (Wildman–Crippen MR) is 93.9 cm³/mol. The molecule has 1 atom stereocenters. The van der Waals surface area contributed by atoms with Gasteiger partial charge in [0.25, 0.3) is 5.91 Å². The van der Waals surface area contributed by atoms with Crippen LogP contribution in [0.15, 0.2) is 22.7 Å². The number of rotatable bonds is 5. The number of fused-ring (bicyclic) bond motifs is 1. The predicted octanol–water partition coefficient (Wildman–Crippen LogP) is 4.12. The minimum atomic E-state index is -0.0755. The fourth-order valence-electron chi connectivity index (χ4n) is 1.92. The van der Waals surface area contributed by atoms with Gasteiger partial charge in [-0.15, -0.1) is 11.3 Å². The summed E-state index contributed by atoms with van der Waals surface area (Å²) in [6, 6.07) is 6.03. The normalized spacial score (nSPS) is 12.6. The SMILES string of the molecule is CSCCC(C)NC(=O)c1sc2cc(Br)ccc2c1N. The van der Waals surface area contributed by atoms with E-state index in [1.807, 2.05) is 25.1 Å². The topological polar surface area (TPSA) is 55.1 Å². The lowest BCUT2D eigenvalue weighted by molar-refractivity contribution is 0.0944. The third-order valence-electron chi connectivity index (χ3n) is 3.03. The Balaban J connectivity index is 2.20. The van der Waals surface area contributed by atoms with Crippen molar-refractivity contribution in [1.29, 1.82) is 0 Å². The van der Waals surface area contributed by atoms with Crippen LogP contribution in [0.4, 0.5) is 5.69 Å². The summed E-state index contributed by atoms with van der Waals surface area (Å²) in [6.45, 7) is 2.02. The van der Waals surface area contributed by atoms with E-state index in [9.17, 15) is 4.79 Å². The molecule has 1 heterocycles. The lowest BCUT2D eigenvalue weighted by Gasteiger charge is -2.12. The van der Waals surface area contributed by atoms with Gasteiger partial charge >= 0.3 is 0 Å². The molecule has 1 aromatic heterocycles. The Labute approximate surface area is 135 Å². The number of amides is 1. The number of carbonyl (C=O) groups is 1. The molecule has 0 bridgehead atoms. The molecular formula is C14H17BrN2OS2. The molecule has 1 unspecified atom stereocenters. The highest BCUT2D eigenvalue weighted by atomic mass is 79.9. The van der Waals surface area contributed by atoms with Gasteiger partial charge in [-0.25, -0.2) is 0 Å². The third kappa shape index (κ3) is 3.48. The summed E-state index contributed by atoms with van der Waals surface area (Å²) in [5.41, 5.74) is 6.67. The number of nitrogens with one attached hydrogen (secondary N) is 1. The molecule has 2 aromatic rings. The van der Waals surface area contributed by atoms with Gasteiger partial charge in [0.2, 0.25) is 0 Å². The van der Waals surface area contributed by atoms with Gasteiger partial charge in [0, 0.05) is 20.6 Å². The maximum absolute atomic E-state index is 12.3. The molecule has 0 spiro atoms. The summed E-state index contributed by atoms with van der Waals surface area (Å²) in [5.74, 6) is 0.962. The van der Waals surface area contributed by atoms with Crippen LogP contribution in [-0.2, 0) is 0 Å². The number of hydrogen-bond acceptors (Lipinski definition) is 4. The first-order valence-corrected chi connectivity index (χ1v) is 9.30. The molecule has 0 saturated heterocycles. The Hall–Kier alpha value is -0.720. The molecule has 108 valence electrons. The molecule has 1 aromatic carbocycles. The highest BCUT2D eigenvalue weighted by Gasteiger charge is 2.17. The van der Waals surface area contributed by atoms with E-state index in [2.05, 4.69) is 27.5 Å². The van der Waals surface area contributed by atoms with Crippen LogP contribution in [-0.4, -0.2) is 24.0 Å². The highest BCUT2D eigenvalue weighted by molar-refractivity contribution is 9.10. The van der Waals surface area contributed by atoms with Gasteiger partial charge in [0.05, 0.1) is 5.69 Å². The van der Waals surface area contributed by atoms with Gasteiger partial charge in [0.15, 0.2) is 0 Å². The monoisotopic (exact) mass is 372 g/mol. The van der Waals surface area contributed by atoms with Crippen molar-refractivity contribution in [2.45, 2.75) is 19.4 Å². The van der Waals surface area contributed by atoms with Gasteiger partial charge in [-0.2, -0.15) is 11.8 Å². The molecule has 3 N–H and O–H groups in total. The number of benzene rings is 1. The van der Waals surface area contributed by atoms with Gasteiger partial charge in [0.1, 0.15) is 4.88 Å². The lowest BCUT2D eigenvalue weighted by atomic mass is 10.2. The van der Waals surface area contributed by atoms with E-state index in [4.69, 9.17) is 5.73 Å². The van der Waals surface area contributed by atoms with E-state index in [1.54, 1.807) is 11.8 Å². The number of halogens is 1. The van der Waals surface area contributed by atoms with Crippen molar-refractivity contribution in [1.82, 2.24) is 5.32 Å². The van der Waals surface area contributed by atoms with E-state index in [0.29, 0.717) is 10.6 Å². The van der Waals surface area contributed by atoms with Crippen LogP contribution in [0, 0.1) is 0 Å². The molecule has 3 nitrogen and oxygen atoms in total. The molecule has 0 fully saturated rings. The number of nitrogen functional groups attached to an aromatic ring is 1. The van der Waals surface area contributed by atoms with E-state index in [0.717, 1.165) is 26.7 Å². The Morgan fingerprint density at radius 1 is 1.55 bits per heavy atom. The second-order valence-corrected chi connectivity index (χ2v) is 7.59. The van der Waals surface area contributed by atoms with Crippen molar-refractivity contribution in [3.63, 3.8) is 0 Å². The molecule has 0 aliphatic carbocycles. The molecule has 0 radical (unpaired) electrons. The van der Waals surface area contributed by atoms with E-state index in [1.165, 1.54) is 11.3 Å². The highest BCUT2D eigenvalue weighted by Crippen LogP contribution is 2.35. The maximum atomic E-state index is 12.3. The number of hydrogen-bond donors (Lipinski definition) is 2. The van der Waals surface area contributed by atoms with Crippen molar-refractivity contribution < 1.29 is 4.79 Å². The number of carbonyl (C=O) groups excluding carboxylic acids is 1. The molecule has 0 aliphatic rings. The third-order valence-corrected chi connectivity index (χ3v) is 5.33. The molecule has 0 saturated carbocycles. The minimum Gasteiger partial charge on any atom is -0.397 e. The van der Waals surface area contributed by atoms with E-state index >= 15 is 0 Å². The zero-order valence-corrected chi connectivity index (χ0v) is 14.6. The number of thiophene rings is 1. The van der Waals surface area contributed by atoms with Crippen molar-refractivity contribution in [2.24, 2.45) is 0 Å². The van der Waals surface area contributed by atoms with Crippen molar-refractivity contribution in [2.75, 3.05) is 17.7 Å². The van der Waals surface area contributed by atoms with Crippen LogP contribution >= 0.6 is 39.0 Å². The average molecular weight is 373 g/mol. The molecule has 6 heteroatoms. The van der Waals surface area contributed by atoms with Crippen LogP contribution in [0.5, 0.6) is 0 Å². The zero-order chi connectivity index (χ0) is 14.7. The van der Waals surface area contributed by atoms with Crippen molar-refractivity contribution >= 4 is 60.7 Å². The van der Waals surface area contributed by atoms with Crippen LogP contribution in [0.3, 0.4) is 0 Å². The zero-order valence-electron chi connectivity index (χ0n) is 11.4. The fourth-order valence-corrected chi connectivity index (χ4v) is 4.08. The first-order valence-electron chi connectivity index (χ1n) is 6.30. The largest absolute Gasteiger partial charge is 0.397 e. The summed E-state index contributed by atoms with van der Waals surface area (Å²) in [4.78, 5) is 12.9. The quantitative estimate of drug-likeness (QED) is 0.829. The Morgan fingerprint density at radius 3 is 3.00 bits per heavy atom. The van der Waals surface area contributed by atoms with E-state index < -0.39 is 0 Å². The van der Waals surface area contributed by atoms with Crippen molar-refractivity contribution in [3.05, 3.63) is 27.5 Å². The number of anilines is 1. The van der Waals surface area contributed by atoms with Crippen molar-refractivity contribution in [3.8, 4) is 0 Å². The molecule has 20 heavy (non-hydrogen) atoms. The second-order valence-electron chi connectivity index (χ2n) is 4.64. The van der Waals surface area contributed by atoms with E-state index in [-0.39, 0.29) is 11.9 Å². The molecule has 0 aliphatic heterocycles. The van der Waals surface area contributed by atoms with Crippen LogP contribution < -0.4 is 11.1 Å². The molecular weight excluding hydrogens is 356 g/mol. The Kier molecular flexibility index (Phi) is 5.35. The summed E-state index contributed by atoms with van der Waals surface area (Å²) >= 11 is 6.66. The van der Waals surface area contributed by atoms with Gasteiger partial charge in [-0.1, -0.05) is 22.0 Å². The van der Waals surface area contributed by atoms with Gasteiger partial charge in [-0.3, -0.25) is 4.79 Å².